The maximum atomic E-state index is 13.5. The van der Waals surface area contributed by atoms with Crippen molar-refractivity contribution in [2.45, 2.75) is 31.6 Å². The van der Waals surface area contributed by atoms with Crippen LogP contribution >= 0.6 is 47.6 Å². The molecule has 6 amide bonds. The molecule has 2 unspecified atom stereocenters. The van der Waals surface area contributed by atoms with E-state index in [-0.39, 0.29) is 24.9 Å². The fraction of sp³-hybridized carbons (Fsp3) is 0.143. The Labute approximate surface area is 397 Å². The molecule has 2 fully saturated rings. The Morgan fingerprint density at radius 2 is 0.846 bits per heavy atom. The standard InChI is InChI=1S/C49H42Cl2N8O4S2/c50-36-15-23-40(24-16-36)58-44(60)42(54-46(58)62)30-56(28-34-7-3-1-4-8-34)48(64)52-38-19-11-32(12-20-38)27-33-13-21-39(22-14-33)53-49(65)57(29-35-9-5-2-6-10-35)31-43-45(61)59(47(63)55-43)41-25-17-37(51)18-26-41/h1-26,42-43H,27-31H2,(H,52,64)(H,53,65)(H,54,62)(H,55,63). The second-order valence-corrected chi connectivity index (χ2v) is 17.1. The third-order valence-corrected chi connectivity index (χ3v) is 12.1. The molecule has 2 aliphatic rings. The van der Waals surface area contributed by atoms with Crippen molar-refractivity contribution < 1.29 is 19.2 Å². The Bertz CT molecular complexity index is 2510. The van der Waals surface area contributed by atoms with Crippen molar-refractivity contribution in [1.82, 2.24) is 20.4 Å². The zero-order valence-electron chi connectivity index (χ0n) is 34.7. The molecule has 0 radical (unpaired) electrons. The molecule has 4 N–H and O–H groups in total. The average Bonchev–Trinajstić information content (AvgIpc) is 3.75. The Kier molecular flexibility index (Phi) is 14.0. The first-order valence-electron chi connectivity index (χ1n) is 20.6. The molecule has 2 heterocycles. The van der Waals surface area contributed by atoms with Gasteiger partial charge >= 0.3 is 12.1 Å². The van der Waals surface area contributed by atoms with Gasteiger partial charge < -0.3 is 31.1 Å². The van der Waals surface area contributed by atoms with Crippen LogP contribution < -0.4 is 31.1 Å². The highest BCUT2D eigenvalue weighted by Crippen LogP contribution is 2.25. The van der Waals surface area contributed by atoms with Gasteiger partial charge in [-0.1, -0.05) is 108 Å². The summed E-state index contributed by atoms with van der Waals surface area (Å²) in [5, 5.41) is 14.1. The second-order valence-electron chi connectivity index (χ2n) is 15.5. The van der Waals surface area contributed by atoms with Crippen molar-refractivity contribution in [2.75, 3.05) is 33.5 Å². The molecule has 8 rings (SSSR count). The van der Waals surface area contributed by atoms with E-state index in [9.17, 15) is 19.2 Å². The number of halogens is 2. The number of rotatable bonds is 14. The second kappa shape index (κ2) is 20.3. The van der Waals surface area contributed by atoms with Crippen LogP contribution in [0.5, 0.6) is 0 Å². The number of imide groups is 2. The molecule has 2 aliphatic heterocycles. The van der Waals surface area contributed by atoms with Gasteiger partial charge in [0.15, 0.2) is 10.2 Å². The molecule has 0 aromatic heterocycles. The van der Waals surface area contributed by atoms with Crippen LogP contribution in [0.3, 0.4) is 0 Å². The Morgan fingerprint density at radius 1 is 0.492 bits per heavy atom. The van der Waals surface area contributed by atoms with E-state index in [0.717, 1.165) is 43.4 Å². The van der Waals surface area contributed by atoms with Crippen molar-refractivity contribution in [2.24, 2.45) is 0 Å². The van der Waals surface area contributed by atoms with E-state index in [1.54, 1.807) is 48.5 Å². The summed E-state index contributed by atoms with van der Waals surface area (Å²) in [6.07, 6.45) is 0.664. The Balaban J connectivity index is 0.887. The van der Waals surface area contributed by atoms with Gasteiger partial charge in [0.2, 0.25) is 0 Å². The number of nitrogens with zero attached hydrogens (tertiary/aromatic N) is 4. The number of amides is 6. The summed E-state index contributed by atoms with van der Waals surface area (Å²) < 4.78 is 0. The highest BCUT2D eigenvalue weighted by molar-refractivity contribution is 7.80. The van der Waals surface area contributed by atoms with E-state index in [2.05, 4.69) is 21.3 Å². The van der Waals surface area contributed by atoms with Gasteiger partial charge in [-0.15, -0.1) is 0 Å². The molecule has 6 aromatic carbocycles. The van der Waals surface area contributed by atoms with Gasteiger partial charge in [-0.25, -0.2) is 19.4 Å². The molecular formula is C49H42Cl2N8O4S2. The summed E-state index contributed by atoms with van der Waals surface area (Å²) >= 11 is 23.9. The average molecular weight is 942 g/mol. The van der Waals surface area contributed by atoms with Gasteiger partial charge in [-0.3, -0.25) is 9.59 Å². The highest BCUT2D eigenvalue weighted by Gasteiger charge is 2.41. The lowest BCUT2D eigenvalue weighted by Crippen LogP contribution is -2.45. The molecule has 2 atom stereocenters. The first kappa shape index (κ1) is 44.8. The van der Waals surface area contributed by atoms with Crippen molar-refractivity contribution >= 4 is 104 Å². The van der Waals surface area contributed by atoms with E-state index in [1.165, 1.54) is 0 Å². The molecule has 0 spiro atoms. The summed E-state index contributed by atoms with van der Waals surface area (Å²) in [5.41, 5.74) is 6.54. The van der Waals surface area contributed by atoms with E-state index < -0.39 is 24.1 Å². The molecule has 65 heavy (non-hydrogen) atoms. The van der Waals surface area contributed by atoms with Gasteiger partial charge in [-0.2, -0.15) is 0 Å². The highest BCUT2D eigenvalue weighted by atomic mass is 35.5. The predicted molar refractivity (Wildman–Crippen MR) is 264 cm³/mol. The number of urea groups is 2. The van der Waals surface area contributed by atoms with Crippen molar-refractivity contribution in [1.29, 1.82) is 0 Å². The number of thiocarbonyl (C=S) groups is 2. The van der Waals surface area contributed by atoms with Crippen molar-refractivity contribution in [3.8, 4) is 0 Å². The normalized spacial score (nSPS) is 15.7. The topological polar surface area (TPSA) is 129 Å². The number of benzene rings is 6. The zero-order chi connectivity index (χ0) is 45.5. The number of hydrogen-bond acceptors (Lipinski definition) is 6. The largest absolute Gasteiger partial charge is 0.342 e. The van der Waals surface area contributed by atoms with Crippen LogP contribution in [0.4, 0.5) is 32.3 Å². The molecule has 328 valence electrons. The van der Waals surface area contributed by atoms with E-state index in [1.807, 2.05) is 119 Å². The van der Waals surface area contributed by atoms with E-state index in [4.69, 9.17) is 47.6 Å². The first-order chi connectivity index (χ1) is 31.5. The smallest absolute Gasteiger partial charge is 0.329 e. The van der Waals surface area contributed by atoms with E-state index >= 15 is 0 Å². The fourth-order valence-corrected chi connectivity index (χ4v) is 8.28. The minimum absolute atomic E-state index is 0.149. The first-order valence-corrected chi connectivity index (χ1v) is 22.2. The molecular weight excluding hydrogens is 900 g/mol. The monoisotopic (exact) mass is 940 g/mol. The Hall–Kier alpha value is -6.84. The molecule has 0 saturated carbocycles. The molecule has 0 bridgehead atoms. The lowest BCUT2D eigenvalue weighted by atomic mass is 10.0. The minimum atomic E-state index is -0.825. The molecule has 6 aromatic rings. The lowest BCUT2D eigenvalue weighted by molar-refractivity contribution is -0.119. The van der Waals surface area contributed by atoms with Crippen LogP contribution in [-0.2, 0) is 29.1 Å². The predicted octanol–water partition coefficient (Wildman–Crippen LogP) is 9.23. The molecule has 2 saturated heterocycles. The van der Waals surface area contributed by atoms with Crippen LogP contribution in [0.25, 0.3) is 0 Å². The lowest BCUT2D eigenvalue weighted by Gasteiger charge is -2.28. The SMILES string of the molecule is O=C1NC(CN(Cc2ccccc2)C(=S)Nc2ccc(Cc3ccc(NC(=S)N(Cc4ccccc4)CC4NC(=O)N(c5ccc(Cl)cc5)C4=O)cc3)cc2)C(=O)N1c1ccc(Cl)cc1. The molecule has 0 aliphatic carbocycles. The third kappa shape index (κ3) is 11.1. The van der Waals surface area contributed by atoms with Crippen LogP contribution in [0.2, 0.25) is 10.0 Å². The van der Waals surface area contributed by atoms with Gasteiger partial charge in [0, 0.05) is 47.6 Å². The maximum Gasteiger partial charge on any atom is 0.329 e. The Morgan fingerprint density at radius 3 is 1.20 bits per heavy atom. The summed E-state index contributed by atoms with van der Waals surface area (Å²) in [6.45, 7) is 1.12. The summed E-state index contributed by atoms with van der Waals surface area (Å²) in [7, 11) is 0. The zero-order valence-corrected chi connectivity index (χ0v) is 37.8. The van der Waals surface area contributed by atoms with Gasteiger partial charge in [0.1, 0.15) is 12.1 Å². The van der Waals surface area contributed by atoms with Crippen molar-refractivity contribution in [3.63, 3.8) is 0 Å². The van der Waals surface area contributed by atoms with Crippen LogP contribution in [0, 0.1) is 0 Å². The van der Waals surface area contributed by atoms with Crippen LogP contribution in [-0.4, -0.2) is 69.1 Å². The molecule has 12 nitrogen and oxygen atoms in total. The fourth-order valence-electron chi connectivity index (χ4n) is 7.52. The third-order valence-electron chi connectivity index (χ3n) is 10.8. The number of carbonyl (C=O) groups excluding carboxylic acids is 4. The summed E-state index contributed by atoms with van der Waals surface area (Å²) in [5.74, 6) is -0.759. The number of anilines is 4. The number of hydrogen-bond donors (Lipinski definition) is 4. The molecule has 16 heteroatoms. The summed E-state index contributed by atoms with van der Waals surface area (Å²) in [6, 6.07) is 45.9. The van der Waals surface area contributed by atoms with Gasteiger partial charge in [0.05, 0.1) is 11.4 Å². The number of nitrogens with one attached hydrogen (secondary N) is 4. The van der Waals surface area contributed by atoms with Gasteiger partial charge in [0.25, 0.3) is 11.8 Å². The minimum Gasteiger partial charge on any atom is -0.342 e. The summed E-state index contributed by atoms with van der Waals surface area (Å²) in [4.78, 5) is 59.0. The van der Waals surface area contributed by atoms with Crippen LogP contribution in [0.15, 0.2) is 158 Å². The number of carbonyl (C=O) groups is 4. The van der Waals surface area contributed by atoms with Crippen LogP contribution in [0.1, 0.15) is 22.3 Å². The van der Waals surface area contributed by atoms with Gasteiger partial charge in [-0.05, 0) is 126 Å². The van der Waals surface area contributed by atoms with Crippen molar-refractivity contribution in [3.05, 3.63) is 190 Å². The maximum absolute atomic E-state index is 13.5. The quantitative estimate of drug-likeness (QED) is 0.0620. The van der Waals surface area contributed by atoms with E-state index in [0.29, 0.717) is 51.2 Å².